The number of likely N-dealkylation sites (tertiary alicyclic amines) is 2. The molecule has 28 heavy (non-hydrogen) atoms. The lowest BCUT2D eigenvalue weighted by Crippen LogP contribution is -2.52. The first kappa shape index (κ1) is 21.5. The summed E-state index contributed by atoms with van der Waals surface area (Å²) in [6, 6.07) is 1.81. The molecule has 5 atom stereocenters. The third-order valence-electron chi connectivity index (χ3n) is 9.28. The third kappa shape index (κ3) is 4.62. The van der Waals surface area contributed by atoms with Gasteiger partial charge in [-0.3, -0.25) is 4.90 Å². The Labute approximate surface area is 180 Å². The van der Waals surface area contributed by atoms with Gasteiger partial charge < -0.3 is 4.90 Å². The Morgan fingerprint density at radius 1 is 0.857 bits per heavy atom. The number of piperidine rings is 2. The van der Waals surface area contributed by atoms with Crippen LogP contribution in [0.3, 0.4) is 0 Å². The summed E-state index contributed by atoms with van der Waals surface area (Å²) in [5.41, 5.74) is 0. The van der Waals surface area contributed by atoms with E-state index in [1.807, 2.05) is 0 Å². The summed E-state index contributed by atoms with van der Waals surface area (Å²) in [6.07, 6.45) is 11.6. The van der Waals surface area contributed by atoms with Gasteiger partial charge in [0.05, 0.1) is 0 Å². The number of thiol groups is 1. The summed E-state index contributed by atoms with van der Waals surface area (Å²) in [4.78, 5) is 5.61. The van der Waals surface area contributed by atoms with Crippen LogP contribution in [0.25, 0.3) is 0 Å². The van der Waals surface area contributed by atoms with Crippen LogP contribution < -0.4 is 0 Å². The quantitative estimate of drug-likeness (QED) is 0.575. The highest BCUT2D eigenvalue weighted by Gasteiger charge is 2.40. The van der Waals surface area contributed by atoms with Crippen molar-refractivity contribution in [2.45, 2.75) is 96.4 Å². The number of hydrogen-bond acceptors (Lipinski definition) is 3. The largest absolute Gasteiger partial charge is 0.300 e. The molecular weight excluding hydrogens is 360 g/mol. The van der Waals surface area contributed by atoms with Crippen LogP contribution in [-0.4, -0.2) is 53.3 Å². The zero-order chi connectivity index (χ0) is 19.8. The molecule has 2 nitrogen and oxygen atoms in total. The summed E-state index contributed by atoms with van der Waals surface area (Å²) in [5, 5.41) is 0.608. The molecule has 2 aliphatic heterocycles. The lowest BCUT2D eigenvalue weighted by molar-refractivity contribution is 0.00432. The minimum Gasteiger partial charge on any atom is -0.300 e. The molecule has 0 radical (unpaired) electrons. The highest BCUT2D eigenvalue weighted by molar-refractivity contribution is 7.81. The van der Waals surface area contributed by atoms with Crippen molar-refractivity contribution in [3.8, 4) is 0 Å². The smallest absolute Gasteiger partial charge is 0.0176 e. The molecule has 4 aliphatic rings. The summed E-state index contributed by atoms with van der Waals surface area (Å²) in [7, 11) is 0. The zero-order valence-electron chi connectivity index (χ0n) is 19.0. The van der Waals surface area contributed by atoms with Gasteiger partial charge in [-0.1, -0.05) is 34.1 Å². The number of nitrogens with zero attached hydrogens (tertiary/aromatic N) is 2. The first-order chi connectivity index (χ1) is 13.4. The molecule has 0 bridgehead atoms. The Morgan fingerprint density at radius 3 is 2.04 bits per heavy atom. The van der Waals surface area contributed by atoms with Gasteiger partial charge >= 0.3 is 0 Å². The summed E-state index contributed by atoms with van der Waals surface area (Å²) >= 11 is 5.07. The molecule has 0 N–H and O–H groups in total. The van der Waals surface area contributed by atoms with Crippen molar-refractivity contribution in [2.24, 2.45) is 35.5 Å². The fourth-order valence-electron chi connectivity index (χ4n) is 7.13. The minimum atomic E-state index is 0.608. The van der Waals surface area contributed by atoms with E-state index in [0.717, 1.165) is 47.6 Å². The highest BCUT2D eigenvalue weighted by Crippen LogP contribution is 2.43. The van der Waals surface area contributed by atoms with Gasteiger partial charge in [0.15, 0.2) is 0 Å². The van der Waals surface area contributed by atoms with Gasteiger partial charge in [0.1, 0.15) is 0 Å². The molecule has 162 valence electrons. The molecular formula is C25H46N2S. The molecule has 0 amide bonds. The molecule has 0 aromatic carbocycles. The van der Waals surface area contributed by atoms with Crippen LogP contribution in [0.5, 0.6) is 0 Å². The van der Waals surface area contributed by atoms with Gasteiger partial charge in [0, 0.05) is 30.4 Å². The first-order valence-electron chi connectivity index (χ1n) is 12.6. The van der Waals surface area contributed by atoms with E-state index < -0.39 is 0 Å². The van der Waals surface area contributed by atoms with E-state index in [1.165, 1.54) is 77.5 Å². The lowest BCUT2D eigenvalue weighted by atomic mass is 9.70. The zero-order valence-corrected chi connectivity index (χ0v) is 19.9. The fourth-order valence-corrected chi connectivity index (χ4v) is 7.78. The van der Waals surface area contributed by atoms with Crippen LogP contribution in [-0.2, 0) is 0 Å². The van der Waals surface area contributed by atoms with E-state index in [9.17, 15) is 0 Å². The third-order valence-corrected chi connectivity index (χ3v) is 9.83. The van der Waals surface area contributed by atoms with Gasteiger partial charge in [0.25, 0.3) is 0 Å². The fraction of sp³-hybridized carbons (Fsp3) is 1.00. The van der Waals surface area contributed by atoms with Gasteiger partial charge in [0.2, 0.25) is 0 Å². The molecule has 2 heterocycles. The maximum Gasteiger partial charge on any atom is 0.0176 e. The van der Waals surface area contributed by atoms with Crippen molar-refractivity contribution in [1.82, 2.24) is 9.80 Å². The van der Waals surface area contributed by atoms with Crippen LogP contribution in [0.15, 0.2) is 0 Å². The molecule has 0 aromatic rings. The molecule has 2 aliphatic carbocycles. The summed E-state index contributed by atoms with van der Waals surface area (Å²) in [5.74, 6) is 5.39. The van der Waals surface area contributed by atoms with Gasteiger partial charge in [-0.2, -0.15) is 12.6 Å². The predicted octanol–water partition coefficient (Wildman–Crippen LogP) is 5.58. The standard InChI is InChI=1S/C25H46N2S/c1-17(2)23-8-10-26(15-19(23)4)22-13-20(14-22)12-18(3)24-9-11-27(16-25(24)28)21-6-5-7-21/h17-25,28H,5-16H2,1-4H3/t18?,19-,20?,22?,23-,24-,25-/m0/s1. The van der Waals surface area contributed by atoms with Crippen molar-refractivity contribution in [3.63, 3.8) is 0 Å². The van der Waals surface area contributed by atoms with E-state index in [0.29, 0.717) is 5.25 Å². The topological polar surface area (TPSA) is 6.48 Å². The number of hydrogen-bond donors (Lipinski definition) is 1. The van der Waals surface area contributed by atoms with Crippen LogP contribution in [0.1, 0.15) is 79.1 Å². The Bertz CT molecular complexity index is 499. The predicted molar refractivity (Wildman–Crippen MR) is 124 cm³/mol. The Hall–Kier alpha value is 0.270. The molecule has 1 unspecified atom stereocenters. The van der Waals surface area contributed by atoms with Crippen LogP contribution in [0.4, 0.5) is 0 Å². The summed E-state index contributed by atoms with van der Waals surface area (Å²) in [6.45, 7) is 15.2. The van der Waals surface area contributed by atoms with Crippen molar-refractivity contribution in [2.75, 3.05) is 26.2 Å². The maximum atomic E-state index is 5.07. The molecule has 4 rings (SSSR count). The second kappa shape index (κ2) is 9.18. The second-order valence-corrected chi connectivity index (χ2v) is 12.1. The van der Waals surface area contributed by atoms with E-state index in [2.05, 4.69) is 37.5 Å². The van der Waals surface area contributed by atoms with Crippen LogP contribution in [0, 0.1) is 35.5 Å². The van der Waals surface area contributed by atoms with E-state index >= 15 is 0 Å². The van der Waals surface area contributed by atoms with Crippen molar-refractivity contribution >= 4 is 12.6 Å². The van der Waals surface area contributed by atoms with Crippen LogP contribution >= 0.6 is 12.6 Å². The van der Waals surface area contributed by atoms with Gasteiger partial charge in [-0.05, 0) is 93.5 Å². The van der Waals surface area contributed by atoms with E-state index in [4.69, 9.17) is 12.6 Å². The van der Waals surface area contributed by atoms with Crippen molar-refractivity contribution in [3.05, 3.63) is 0 Å². The maximum absolute atomic E-state index is 5.07. The minimum absolute atomic E-state index is 0.608. The van der Waals surface area contributed by atoms with Crippen molar-refractivity contribution < 1.29 is 0 Å². The van der Waals surface area contributed by atoms with E-state index in [1.54, 1.807) is 0 Å². The molecule has 0 spiro atoms. The second-order valence-electron chi connectivity index (χ2n) is 11.5. The number of rotatable bonds is 6. The first-order valence-corrected chi connectivity index (χ1v) is 13.1. The Kier molecular flexibility index (Phi) is 7.05. The van der Waals surface area contributed by atoms with Crippen molar-refractivity contribution in [1.29, 1.82) is 0 Å². The summed E-state index contributed by atoms with van der Waals surface area (Å²) < 4.78 is 0. The molecule has 2 saturated carbocycles. The monoisotopic (exact) mass is 406 g/mol. The SMILES string of the molecule is CC(C)[C@@H]1CCN(C2CC(CC(C)[C@@H]3CCN(C4CCC4)C[C@@H]3S)C2)C[C@@H]1C. The average Bonchev–Trinajstić information content (AvgIpc) is 2.55. The normalized spacial score (nSPS) is 42.2. The lowest BCUT2D eigenvalue weighted by Gasteiger charge is -2.50. The highest BCUT2D eigenvalue weighted by atomic mass is 32.1. The van der Waals surface area contributed by atoms with Gasteiger partial charge in [-0.25, -0.2) is 0 Å². The Morgan fingerprint density at radius 2 is 1.50 bits per heavy atom. The molecule has 2 saturated heterocycles. The average molecular weight is 407 g/mol. The molecule has 4 fully saturated rings. The van der Waals surface area contributed by atoms with Crippen LogP contribution in [0.2, 0.25) is 0 Å². The Balaban J connectivity index is 1.18. The molecule has 3 heteroatoms. The van der Waals surface area contributed by atoms with E-state index in [-0.39, 0.29) is 0 Å². The molecule has 0 aromatic heterocycles. The van der Waals surface area contributed by atoms with Gasteiger partial charge in [-0.15, -0.1) is 0 Å².